The standard InChI is InChI=1S/C20H17NO4S2/c1-3-25-17-10-13(4-9-16(17)23)11-18-19(24)21(20(26)27-18)15-7-5-14(6-8-15)12(2)22/h4-11,23H,3H2,1-2H3. The van der Waals surface area contributed by atoms with E-state index in [-0.39, 0.29) is 17.4 Å². The van der Waals surface area contributed by atoms with Crippen molar-refractivity contribution in [3.8, 4) is 11.5 Å². The molecule has 0 atom stereocenters. The highest BCUT2D eigenvalue weighted by atomic mass is 32.2. The third-order valence-electron chi connectivity index (χ3n) is 3.91. The van der Waals surface area contributed by atoms with E-state index in [0.717, 1.165) is 5.56 Å². The lowest BCUT2D eigenvalue weighted by molar-refractivity contribution is -0.113. The van der Waals surface area contributed by atoms with Crippen molar-refractivity contribution in [1.29, 1.82) is 0 Å². The summed E-state index contributed by atoms with van der Waals surface area (Å²) in [6.45, 7) is 3.75. The van der Waals surface area contributed by atoms with Crippen molar-refractivity contribution in [3.63, 3.8) is 0 Å². The fourth-order valence-electron chi connectivity index (χ4n) is 2.58. The number of Topliss-reactive ketones (excluding diaryl/α,β-unsaturated/α-hetero) is 1. The predicted molar refractivity (Wildman–Crippen MR) is 111 cm³/mol. The van der Waals surface area contributed by atoms with Crippen LogP contribution in [-0.4, -0.2) is 27.7 Å². The average molecular weight is 399 g/mol. The minimum Gasteiger partial charge on any atom is -0.504 e. The topological polar surface area (TPSA) is 66.8 Å². The Morgan fingerprint density at radius 3 is 2.59 bits per heavy atom. The lowest BCUT2D eigenvalue weighted by Gasteiger charge is -2.14. The molecular formula is C20H17NO4S2. The van der Waals surface area contributed by atoms with Gasteiger partial charge in [0, 0.05) is 5.56 Å². The smallest absolute Gasteiger partial charge is 0.270 e. The van der Waals surface area contributed by atoms with Gasteiger partial charge in [-0.3, -0.25) is 14.5 Å². The number of nitrogens with zero attached hydrogens (tertiary/aromatic N) is 1. The van der Waals surface area contributed by atoms with E-state index in [1.165, 1.54) is 29.7 Å². The molecule has 7 heteroatoms. The van der Waals surface area contributed by atoms with Crippen molar-refractivity contribution in [1.82, 2.24) is 0 Å². The molecule has 1 heterocycles. The Morgan fingerprint density at radius 2 is 1.96 bits per heavy atom. The third kappa shape index (κ3) is 4.04. The SMILES string of the molecule is CCOc1cc(C=C2SC(=S)N(c3ccc(C(C)=O)cc3)C2=O)ccc1O. The van der Waals surface area contributed by atoms with Crippen LogP contribution in [0.4, 0.5) is 5.69 Å². The first-order chi connectivity index (χ1) is 12.9. The molecule has 1 aliphatic rings. The number of hydrogen-bond donors (Lipinski definition) is 1. The van der Waals surface area contributed by atoms with Crippen molar-refractivity contribution in [2.24, 2.45) is 0 Å². The summed E-state index contributed by atoms with van der Waals surface area (Å²) in [6, 6.07) is 11.7. The highest BCUT2D eigenvalue weighted by Gasteiger charge is 2.33. The molecule has 0 radical (unpaired) electrons. The van der Waals surface area contributed by atoms with Crippen molar-refractivity contribution >= 4 is 51.8 Å². The van der Waals surface area contributed by atoms with E-state index >= 15 is 0 Å². The first-order valence-electron chi connectivity index (χ1n) is 8.25. The Labute approximate surface area is 166 Å². The Morgan fingerprint density at radius 1 is 1.26 bits per heavy atom. The summed E-state index contributed by atoms with van der Waals surface area (Å²) in [5.41, 5.74) is 1.92. The van der Waals surface area contributed by atoms with Crippen molar-refractivity contribution in [2.45, 2.75) is 13.8 Å². The largest absolute Gasteiger partial charge is 0.504 e. The fraction of sp³-hybridized carbons (Fsp3) is 0.150. The van der Waals surface area contributed by atoms with Crippen LogP contribution in [0.2, 0.25) is 0 Å². The van der Waals surface area contributed by atoms with E-state index in [0.29, 0.717) is 32.8 Å². The molecule has 2 aromatic rings. The van der Waals surface area contributed by atoms with Gasteiger partial charge in [0.1, 0.15) is 0 Å². The molecule has 1 aliphatic heterocycles. The van der Waals surface area contributed by atoms with E-state index in [9.17, 15) is 14.7 Å². The molecule has 5 nitrogen and oxygen atoms in total. The lowest BCUT2D eigenvalue weighted by Crippen LogP contribution is -2.27. The number of ether oxygens (including phenoxy) is 1. The summed E-state index contributed by atoms with van der Waals surface area (Å²) in [5, 5.41) is 9.80. The van der Waals surface area contributed by atoms with E-state index in [4.69, 9.17) is 17.0 Å². The van der Waals surface area contributed by atoms with Crippen LogP contribution in [0, 0.1) is 0 Å². The molecule has 0 aromatic heterocycles. The Kier molecular flexibility index (Phi) is 5.62. The fourth-order valence-corrected chi connectivity index (χ4v) is 3.88. The zero-order chi connectivity index (χ0) is 19.6. The maximum Gasteiger partial charge on any atom is 0.270 e. The maximum atomic E-state index is 12.8. The van der Waals surface area contributed by atoms with Crippen LogP contribution in [0.1, 0.15) is 29.8 Å². The number of phenolic OH excluding ortho intramolecular Hbond substituents is 1. The number of carbonyl (C=O) groups excluding carboxylic acids is 2. The molecule has 1 saturated heterocycles. The molecular weight excluding hydrogens is 382 g/mol. The number of thiocarbonyl (C=S) groups is 1. The number of hydrogen-bond acceptors (Lipinski definition) is 6. The molecule has 0 unspecified atom stereocenters. The first kappa shape index (κ1) is 19.1. The van der Waals surface area contributed by atoms with Gasteiger partial charge in [0.25, 0.3) is 5.91 Å². The third-order valence-corrected chi connectivity index (χ3v) is 5.21. The Hall–Kier alpha value is -2.64. The van der Waals surface area contributed by atoms with Gasteiger partial charge in [0.05, 0.1) is 17.2 Å². The molecule has 1 fully saturated rings. The Balaban J connectivity index is 1.88. The number of phenols is 1. The van der Waals surface area contributed by atoms with Gasteiger partial charge in [-0.15, -0.1) is 0 Å². The number of benzene rings is 2. The molecule has 0 spiro atoms. The summed E-state index contributed by atoms with van der Waals surface area (Å²) in [7, 11) is 0. The van der Waals surface area contributed by atoms with Crippen molar-refractivity contribution in [3.05, 3.63) is 58.5 Å². The monoisotopic (exact) mass is 399 g/mol. The number of amides is 1. The van der Waals surface area contributed by atoms with Gasteiger partial charge in [-0.1, -0.05) is 30.0 Å². The molecule has 1 N–H and O–H groups in total. The van der Waals surface area contributed by atoms with Gasteiger partial charge >= 0.3 is 0 Å². The number of carbonyl (C=O) groups is 2. The number of thioether (sulfide) groups is 1. The van der Waals surface area contributed by atoms with Crippen LogP contribution in [-0.2, 0) is 4.79 Å². The molecule has 3 rings (SSSR count). The second kappa shape index (κ2) is 7.94. The number of aromatic hydroxyl groups is 1. The lowest BCUT2D eigenvalue weighted by atomic mass is 10.1. The summed E-state index contributed by atoms with van der Waals surface area (Å²) in [5.74, 6) is 0.143. The molecule has 0 saturated carbocycles. The van der Waals surface area contributed by atoms with Gasteiger partial charge in [0.2, 0.25) is 0 Å². The number of rotatable bonds is 5. The highest BCUT2D eigenvalue weighted by molar-refractivity contribution is 8.27. The zero-order valence-corrected chi connectivity index (χ0v) is 16.4. The van der Waals surface area contributed by atoms with Crippen molar-refractivity contribution in [2.75, 3.05) is 11.5 Å². The van der Waals surface area contributed by atoms with Gasteiger partial charge < -0.3 is 9.84 Å². The van der Waals surface area contributed by atoms with E-state index in [1.54, 1.807) is 42.5 Å². The minimum absolute atomic E-state index is 0.0377. The van der Waals surface area contributed by atoms with Crippen LogP contribution in [0.5, 0.6) is 11.5 Å². The normalized spacial score (nSPS) is 15.5. The molecule has 0 bridgehead atoms. The molecule has 138 valence electrons. The quantitative estimate of drug-likeness (QED) is 0.457. The van der Waals surface area contributed by atoms with Crippen LogP contribution >= 0.6 is 24.0 Å². The summed E-state index contributed by atoms with van der Waals surface area (Å²) in [6.07, 6.45) is 1.71. The average Bonchev–Trinajstić information content (AvgIpc) is 2.91. The molecule has 1 amide bonds. The molecule has 0 aliphatic carbocycles. The van der Waals surface area contributed by atoms with Crippen LogP contribution < -0.4 is 9.64 Å². The van der Waals surface area contributed by atoms with Crippen molar-refractivity contribution < 1.29 is 19.4 Å². The van der Waals surface area contributed by atoms with Gasteiger partial charge in [0.15, 0.2) is 21.6 Å². The van der Waals surface area contributed by atoms with Gasteiger partial charge in [-0.2, -0.15) is 0 Å². The zero-order valence-electron chi connectivity index (χ0n) is 14.8. The predicted octanol–water partition coefficient (Wildman–Crippen LogP) is 4.40. The molecule has 2 aromatic carbocycles. The highest BCUT2D eigenvalue weighted by Crippen LogP contribution is 2.37. The first-order valence-corrected chi connectivity index (χ1v) is 9.48. The van der Waals surface area contributed by atoms with Gasteiger partial charge in [-0.25, -0.2) is 0 Å². The van der Waals surface area contributed by atoms with Crippen LogP contribution in [0.3, 0.4) is 0 Å². The van der Waals surface area contributed by atoms with Crippen LogP contribution in [0.15, 0.2) is 47.4 Å². The van der Waals surface area contributed by atoms with E-state index in [1.807, 2.05) is 6.92 Å². The number of ketones is 1. The summed E-state index contributed by atoms with van der Waals surface area (Å²) >= 11 is 6.57. The minimum atomic E-state index is -0.230. The summed E-state index contributed by atoms with van der Waals surface area (Å²) in [4.78, 5) is 26.2. The molecule has 27 heavy (non-hydrogen) atoms. The van der Waals surface area contributed by atoms with Gasteiger partial charge in [-0.05, 0) is 61.9 Å². The maximum absolute atomic E-state index is 12.8. The second-order valence-corrected chi connectivity index (χ2v) is 7.46. The van der Waals surface area contributed by atoms with Crippen LogP contribution in [0.25, 0.3) is 6.08 Å². The summed E-state index contributed by atoms with van der Waals surface area (Å²) < 4.78 is 5.80. The Bertz CT molecular complexity index is 951. The second-order valence-electron chi connectivity index (χ2n) is 5.78. The van der Waals surface area contributed by atoms with E-state index in [2.05, 4.69) is 0 Å². The number of anilines is 1. The van der Waals surface area contributed by atoms with E-state index < -0.39 is 0 Å².